The first kappa shape index (κ1) is 19.9. The van der Waals surface area contributed by atoms with Crippen molar-refractivity contribution < 1.29 is 14.3 Å². The van der Waals surface area contributed by atoms with Gasteiger partial charge in [-0.05, 0) is 33.3 Å². The Morgan fingerprint density at radius 3 is 2.40 bits per heavy atom. The molecule has 5 heteroatoms. The van der Waals surface area contributed by atoms with Crippen molar-refractivity contribution in [3.05, 3.63) is 106 Å². The number of nitrogens with one attached hydrogen (secondary N) is 1. The number of amides is 1. The lowest BCUT2D eigenvalue weighted by molar-refractivity contribution is -0.148. The number of hydrogen-bond acceptors (Lipinski definition) is 4. The molecule has 0 saturated carbocycles. The number of benzene rings is 3. The van der Waals surface area contributed by atoms with Crippen LogP contribution in [0.5, 0.6) is 0 Å². The maximum Gasteiger partial charge on any atom is 0.310 e. The second-order valence-electron chi connectivity index (χ2n) is 6.95. The molecule has 0 aliphatic rings. The molecule has 0 aliphatic heterocycles. The van der Waals surface area contributed by atoms with E-state index >= 15 is 0 Å². The number of carbonyl (C=O) groups is 2. The Morgan fingerprint density at radius 2 is 1.63 bits per heavy atom. The predicted molar refractivity (Wildman–Crippen MR) is 119 cm³/mol. The Kier molecular flexibility index (Phi) is 6.20. The van der Waals surface area contributed by atoms with E-state index in [9.17, 15) is 9.59 Å². The standard InChI is InChI=1S/C25H21NO3S/c27-23(26-25(22-11-6-14-30-22)20-8-2-1-3-9-20)17-29-24(28)16-18-12-13-19-7-4-5-10-21(19)15-18/h1-15,25H,16-17H2,(H,26,27)/t25-/m0/s1. The Labute approximate surface area is 179 Å². The van der Waals surface area contributed by atoms with Crippen molar-refractivity contribution in [1.82, 2.24) is 5.32 Å². The van der Waals surface area contributed by atoms with E-state index in [4.69, 9.17) is 4.74 Å². The molecule has 1 aromatic heterocycles. The van der Waals surface area contributed by atoms with Crippen molar-refractivity contribution in [1.29, 1.82) is 0 Å². The predicted octanol–water partition coefficient (Wildman–Crippen LogP) is 4.89. The fourth-order valence-electron chi connectivity index (χ4n) is 3.33. The van der Waals surface area contributed by atoms with E-state index in [0.717, 1.165) is 26.8 Å². The van der Waals surface area contributed by atoms with Crippen LogP contribution in [-0.2, 0) is 20.7 Å². The summed E-state index contributed by atoms with van der Waals surface area (Å²) < 4.78 is 5.23. The van der Waals surface area contributed by atoms with Gasteiger partial charge in [0.15, 0.2) is 6.61 Å². The first-order chi connectivity index (χ1) is 14.7. The van der Waals surface area contributed by atoms with Gasteiger partial charge in [-0.15, -0.1) is 11.3 Å². The molecular weight excluding hydrogens is 394 g/mol. The van der Waals surface area contributed by atoms with E-state index in [1.807, 2.05) is 90.3 Å². The molecule has 0 bridgehead atoms. The number of esters is 1. The monoisotopic (exact) mass is 415 g/mol. The van der Waals surface area contributed by atoms with E-state index in [1.165, 1.54) is 0 Å². The average molecular weight is 416 g/mol. The van der Waals surface area contributed by atoms with Crippen LogP contribution in [0.15, 0.2) is 90.3 Å². The number of carbonyl (C=O) groups excluding carboxylic acids is 2. The Bertz CT molecular complexity index is 1140. The number of thiophene rings is 1. The van der Waals surface area contributed by atoms with E-state index in [0.29, 0.717) is 0 Å². The molecule has 3 aromatic carbocycles. The summed E-state index contributed by atoms with van der Waals surface area (Å²) in [5.74, 6) is -0.753. The van der Waals surface area contributed by atoms with E-state index in [-0.39, 0.29) is 25.0 Å². The Balaban J connectivity index is 1.35. The van der Waals surface area contributed by atoms with Crippen molar-refractivity contribution in [3.63, 3.8) is 0 Å². The van der Waals surface area contributed by atoms with Crippen LogP contribution >= 0.6 is 11.3 Å². The molecule has 1 atom stereocenters. The van der Waals surface area contributed by atoms with Gasteiger partial charge in [0.05, 0.1) is 12.5 Å². The molecule has 1 N–H and O–H groups in total. The lowest BCUT2D eigenvalue weighted by atomic mass is 10.1. The molecule has 1 amide bonds. The van der Waals surface area contributed by atoms with Crippen LogP contribution in [0.1, 0.15) is 22.0 Å². The average Bonchev–Trinajstić information content (AvgIpc) is 3.31. The van der Waals surface area contributed by atoms with Crippen LogP contribution < -0.4 is 5.32 Å². The third-order valence-electron chi connectivity index (χ3n) is 4.79. The lowest BCUT2D eigenvalue weighted by Gasteiger charge is -2.18. The number of fused-ring (bicyclic) bond motifs is 1. The van der Waals surface area contributed by atoms with Gasteiger partial charge in [-0.25, -0.2) is 0 Å². The summed E-state index contributed by atoms with van der Waals surface area (Å²) in [6.07, 6.45) is 0.130. The molecule has 0 saturated heterocycles. The zero-order valence-corrected chi connectivity index (χ0v) is 17.1. The smallest absolute Gasteiger partial charge is 0.310 e. The largest absolute Gasteiger partial charge is 0.455 e. The number of ether oxygens (including phenoxy) is 1. The summed E-state index contributed by atoms with van der Waals surface area (Å²) in [7, 11) is 0. The molecular formula is C25H21NO3S. The quantitative estimate of drug-likeness (QED) is 0.437. The van der Waals surface area contributed by atoms with Gasteiger partial charge in [0.25, 0.3) is 5.91 Å². The van der Waals surface area contributed by atoms with Crippen molar-refractivity contribution in [2.24, 2.45) is 0 Å². The molecule has 4 aromatic rings. The van der Waals surface area contributed by atoms with Crippen molar-refractivity contribution in [3.8, 4) is 0 Å². The van der Waals surface area contributed by atoms with Gasteiger partial charge in [0.2, 0.25) is 0 Å². The second-order valence-corrected chi connectivity index (χ2v) is 7.92. The highest BCUT2D eigenvalue weighted by Gasteiger charge is 2.18. The normalized spacial score (nSPS) is 11.7. The fraction of sp³-hybridized carbons (Fsp3) is 0.120. The highest BCUT2D eigenvalue weighted by Crippen LogP contribution is 2.25. The summed E-state index contributed by atoms with van der Waals surface area (Å²) in [4.78, 5) is 25.7. The van der Waals surface area contributed by atoms with E-state index < -0.39 is 5.97 Å². The summed E-state index contributed by atoms with van der Waals surface area (Å²) in [5, 5.41) is 7.14. The summed E-state index contributed by atoms with van der Waals surface area (Å²) in [5.41, 5.74) is 1.84. The van der Waals surface area contributed by atoms with Crippen LogP contribution in [0.2, 0.25) is 0 Å². The molecule has 150 valence electrons. The van der Waals surface area contributed by atoms with Crippen LogP contribution in [-0.4, -0.2) is 18.5 Å². The zero-order valence-electron chi connectivity index (χ0n) is 16.3. The molecule has 0 radical (unpaired) electrons. The van der Waals surface area contributed by atoms with Crippen LogP contribution in [0.4, 0.5) is 0 Å². The van der Waals surface area contributed by atoms with Gasteiger partial charge in [0.1, 0.15) is 0 Å². The van der Waals surface area contributed by atoms with E-state index in [1.54, 1.807) is 11.3 Å². The summed E-state index contributed by atoms with van der Waals surface area (Å²) in [6, 6.07) is 27.2. The van der Waals surface area contributed by atoms with Crippen molar-refractivity contribution in [2.75, 3.05) is 6.61 Å². The van der Waals surface area contributed by atoms with Crippen molar-refractivity contribution in [2.45, 2.75) is 12.5 Å². The van der Waals surface area contributed by atoms with Gasteiger partial charge >= 0.3 is 5.97 Å². The summed E-state index contributed by atoms with van der Waals surface area (Å²) >= 11 is 1.57. The first-order valence-electron chi connectivity index (χ1n) is 9.70. The van der Waals surface area contributed by atoms with Gasteiger partial charge in [-0.3, -0.25) is 9.59 Å². The van der Waals surface area contributed by atoms with Crippen LogP contribution in [0.25, 0.3) is 10.8 Å². The Morgan fingerprint density at radius 1 is 0.867 bits per heavy atom. The molecule has 0 fully saturated rings. The molecule has 0 spiro atoms. The molecule has 1 heterocycles. The summed E-state index contributed by atoms with van der Waals surface area (Å²) in [6.45, 7) is -0.304. The number of hydrogen-bond donors (Lipinski definition) is 1. The first-order valence-corrected chi connectivity index (χ1v) is 10.6. The second kappa shape index (κ2) is 9.37. The maximum absolute atomic E-state index is 12.5. The van der Waals surface area contributed by atoms with Gasteiger partial charge in [0, 0.05) is 4.88 Å². The zero-order chi connectivity index (χ0) is 20.8. The van der Waals surface area contributed by atoms with Crippen LogP contribution in [0.3, 0.4) is 0 Å². The van der Waals surface area contributed by atoms with Crippen molar-refractivity contribution >= 4 is 34.0 Å². The lowest BCUT2D eigenvalue weighted by Crippen LogP contribution is -2.32. The fourth-order valence-corrected chi connectivity index (χ4v) is 4.14. The maximum atomic E-state index is 12.5. The highest BCUT2D eigenvalue weighted by atomic mass is 32.1. The molecule has 0 unspecified atom stereocenters. The Hall–Kier alpha value is -3.44. The number of rotatable bonds is 7. The molecule has 0 aliphatic carbocycles. The minimum atomic E-state index is -0.423. The van der Waals surface area contributed by atoms with E-state index in [2.05, 4.69) is 5.32 Å². The molecule has 30 heavy (non-hydrogen) atoms. The third-order valence-corrected chi connectivity index (χ3v) is 5.73. The topological polar surface area (TPSA) is 55.4 Å². The minimum absolute atomic E-state index is 0.130. The van der Waals surface area contributed by atoms with Crippen LogP contribution in [0, 0.1) is 0 Å². The van der Waals surface area contributed by atoms with Gasteiger partial charge < -0.3 is 10.1 Å². The molecule has 4 nitrogen and oxygen atoms in total. The van der Waals surface area contributed by atoms with Gasteiger partial charge in [-0.1, -0.05) is 78.9 Å². The third kappa shape index (κ3) is 4.93. The SMILES string of the molecule is O=C(COC(=O)Cc1ccc2ccccc2c1)N[C@@H](c1ccccc1)c1cccs1. The highest BCUT2D eigenvalue weighted by molar-refractivity contribution is 7.10. The van der Waals surface area contributed by atoms with Gasteiger partial charge in [-0.2, -0.15) is 0 Å². The molecule has 4 rings (SSSR count). The minimum Gasteiger partial charge on any atom is -0.455 e.